The van der Waals surface area contributed by atoms with E-state index in [1.165, 1.54) is 4.90 Å². The molecule has 21 heavy (non-hydrogen) atoms. The number of carboxylic acid groups (broad SMARTS) is 1. The molecule has 1 aromatic carbocycles. The Morgan fingerprint density at radius 3 is 2.67 bits per heavy atom. The fourth-order valence-corrected chi connectivity index (χ4v) is 3.45. The van der Waals surface area contributed by atoms with Crippen molar-refractivity contribution in [2.75, 3.05) is 5.75 Å². The Morgan fingerprint density at radius 2 is 2.00 bits per heavy atom. The lowest BCUT2D eigenvalue weighted by molar-refractivity contribution is -0.141. The number of thioether (sulfide) groups is 1. The molecule has 2 unspecified atom stereocenters. The molecule has 0 heterocycles. The van der Waals surface area contributed by atoms with E-state index < -0.39 is 5.97 Å². The molecule has 4 nitrogen and oxygen atoms in total. The van der Waals surface area contributed by atoms with Gasteiger partial charge in [0, 0.05) is 17.4 Å². The Balaban J connectivity index is 1.59. The first-order valence-electron chi connectivity index (χ1n) is 7.35. The van der Waals surface area contributed by atoms with E-state index in [0.717, 1.165) is 18.6 Å². The molecule has 5 heteroatoms. The normalized spacial score (nSPS) is 21.1. The highest BCUT2D eigenvalue weighted by atomic mass is 32.2. The number of aliphatic carboxylic acids is 1. The van der Waals surface area contributed by atoms with Crippen LogP contribution in [0, 0.1) is 5.92 Å². The van der Waals surface area contributed by atoms with Gasteiger partial charge in [-0.15, -0.1) is 11.8 Å². The van der Waals surface area contributed by atoms with Gasteiger partial charge in [0.15, 0.2) is 0 Å². The Labute approximate surface area is 129 Å². The highest BCUT2D eigenvalue weighted by Gasteiger charge is 2.30. The second kappa shape index (κ2) is 8.08. The van der Waals surface area contributed by atoms with Crippen molar-refractivity contribution in [3.8, 4) is 0 Å². The summed E-state index contributed by atoms with van der Waals surface area (Å²) in [5, 5.41) is 11.9. The van der Waals surface area contributed by atoms with Crippen LogP contribution in [0.4, 0.5) is 0 Å². The van der Waals surface area contributed by atoms with E-state index in [-0.39, 0.29) is 17.9 Å². The Morgan fingerprint density at radius 1 is 1.24 bits per heavy atom. The largest absolute Gasteiger partial charge is 0.481 e. The molecular formula is C16H21NO3S. The van der Waals surface area contributed by atoms with Crippen LogP contribution in [0.5, 0.6) is 0 Å². The molecule has 1 aromatic rings. The molecule has 0 bridgehead atoms. The Kier molecular flexibility index (Phi) is 6.11. The zero-order valence-corrected chi connectivity index (χ0v) is 12.8. The number of hydrogen-bond acceptors (Lipinski definition) is 3. The number of carbonyl (C=O) groups is 2. The number of amides is 1. The van der Waals surface area contributed by atoms with E-state index in [1.807, 2.05) is 18.2 Å². The molecule has 2 atom stereocenters. The zero-order chi connectivity index (χ0) is 15.1. The molecule has 2 N–H and O–H groups in total. The fraction of sp³-hybridized carbons (Fsp3) is 0.500. The van der Waals surface area contributed by atoms with Gasteiger partial charge in [0.2, 0.25) is 5.91 Å². The van der Waals surface area contributed by atoms with Gasteiger partial charge in [-0.1, -0.05) is 18.2 Å². The predicted octanol–water partition coefficient (Wildman–Crippen LogP) is 2.93. The number of nitrogens with one attached hydrogen (secondary N) is 1. The van der Waals surface area contributed by atoms with E-state index >= 15 is 0 Å². The SMILES string of the molecule is O=C(CCCSc1ccccc1)NC1CCC(C(=O)O)C1. The molecule has 1 aliphatic carbocycles. The van der Waals surface area contributed by atoms with Crippen LogP contribution in [0.3, 0.4) is 0 Å². The van der Waals surface area contributed by atoms with Crippen molar-refractivity contribution in [1.82, 2.24) is 5.32 Å². The lowest BCUT2D eigenvalue weighted by Gasteiger charge is -2.12. The van der Waals surface area contributed by atoms with Gasteiger partial charge in [0.1, 0.15) is 0 Å². The number of rotatable bonds is 7. The molecule has 0 saturated heterocycles. The molecule has 1 aliphatic rings. The van der Waals surface area contributed by atoms with E-state index in [0.29, 0.717) is 19.3 Å². The van der Waals surface area contributed by atoms with Crippen molar-refractivity contribution < 1.29 is 14.7 Å². The second-order valence-electron chi connectivity index (χ2n) is 5.38. The summed E-state index contributed by atoms with van der Waals surface area (Å²) in [6.07, 6.45) is 3.36. The maximum absolute atomic E-state index is 11.8. The van der Waals surface area contributed by atoms with Gasteiger partial charge in [-0.2, -0.15) is 0 Å². The summed E-state index contributed by atoms with van der Waals surface area (Å²) < 4.78 is 0. The number of carbonyl (C=O) groups excluding carboxylic acids is 1. The third-order valence-electron chi connectivity index (χ3n) is 3.71. The second-order valence-corrected chi connectivity index (χ2v) is 6.55. The van der Waals surface area contributed by atoms with Crippen LogP contribution in [0.25, 0.3) is 0 Å². The lowest BCUT2D eigenvalue weighted by Crippen LogP contribution is -2.33. The van der Waals surface area contributed by atoms with Crippen molar-refractivity contribution >= 4 is 23.6 Å². The lowest BCUT2D eigenvalue weighted by atomic mass is 10.1. The summed E-state index contributed by atoms with van der Waals surface area (Å²) in [6, 6.07) is 10.2. The maximum atomic E-state index is 11.8. The van der Waals surface area contributed by atoms with Crippen molar-refractivity contribution in [3.63, 3.8) is 0 Å². The molecule has 114 valence electrons. The first kappa shape index (κ1) is 15.9. The van der Waals surface area contributed by atoms with Crippen LogP contribution in [-0.2, 0) is 9.59 Å². The standard InChI is InChI=1S/C16H21NO3S/c18-15(17-13-9-8-12(11-13)16(19)20)7-4-10-21-14-5-2-1-3-6-14/h1-3,5-6,12-13H,4,7-11H2,(H,17,18)(H,19,20). The maximum Gasteiger partial charge on any atom is 0.306 e. The molecule has 0 radical (unpaired) electrons. The fourth-order valence-electron chi connectivity index (χ4n) is 2.58. The zero-order valence-electron chi connectivity index (χ0n) is 12.0. The van der Waals surface area contributed by atoms with Crippen molar-refractivity contribution in [3.05, 3.63) is 30.3 Å². The Hall–Kier alpha value is -1.49. The van der Waals surface area contributed by atoms with Crippen LogP contribution >= 0.6 is 11.8 Å². The summed E-state index contributed by atoms with van der Waals surface area (Å²) in [5.74, 6) is -0.0745. The van der Waals surface area contributed by atoms with E-state index in [2.05, 4.69) is 17.4 Å². The van der Waals surface area contributed by atoms with Crippen LogP contribution < -0.4 is 5.32 Å². The minimum absolute atomic E-state index is 0.0414. The van der Waals surface area contributed by atoms with E-state index in [9.17, 15) is 9.59 Å². The minimum Gasteiger partial charge on any atom is -0.481 e. The van der Waals surface area contributed by atoms with E-state index in [1.54, 1.807) is 11.8 Å². The molecule has 2 rings (SSSR count). The molecule has 1 saturated carbocycles. The van der Waals surface area contributed by atoms with Crippen LogP contribution in [-0.4, -0.2) is 28.8 Å². The van der Waals surface area contributed by atoms with Gasteiger partial charge in [-0.3, -0.25) is 9.59 Å². The van der Waals surface area contributed by atoms with Gasteiger partial charge in [-0.25, -0.2) is 0 Å². The average molecular weight is 307 g/mol. The molecular weight excluding hydrogens is 286 g/mol. The molecule has 0 aliphatic heterocycles. The van der Waals surface area contributed by atoms with Gasteiger partial charge in [0.25, 0.3) is 0 Å². The van der Waals surface area contributed by atoms with Gasteiger partial charge < -0.3 is 10.4 Å². The monoisotopic (exact) mass is 307 g/mol. The molecule has 0 aromatic heterocycles. The number of carboxylic acids is 1. The highest BCUT2D eigenvalue weighted by Crippen LogP contribution is 2.25. The molecule has 0 spiro atoms. The summed E-state index contributed by atoms with van der Waals surface area (Å²) >= 11 is 1.75. The van der Waals surface area contributed by atoms with Crippen LogP contribution in [0.2, 0.25) is 0 Å². The molecule has 1 amide bonds. The first-order chi connectivity index (χ1) is 10.1. The van der Waals surface area contributed by atoms with Crippen molar-refractivity contribution in [2.24, 2.45) is 5.92 Å². The summed E-state index contributed by atoms with van der Waals surface area (Å²) in [4.78, 5) is 23.9. The van der Waals surface area contributed by atoms with Gasteiger partial charge >= 0.3 is 5.97 Å². The Bertz CT molecular complexity index is 478. The topological polar surface area (TPSA) is 66.4 Å². The van der Waals surface area contributed by atoms with E-state index in [4.69, 9.17) is 5.11 Å². The first-order valence-corrected chi connectivity index (χ1v) is 8.33. The van der Waals surface area contributed by atoms with Gasteiger partial charge in [0.05, 0.1) is 5.92 Å². The molecule has 1 fully saturated rings. The number of hydrogen-bond donors (Lipinski definition) is 2. The third-order valence-corrected chi connectivity index (χ3v) is 4.81. The van der Waals surface area contributed by atoms with Crippen LogP contribution in [0.1, 0.15) is 32.1 Å². The minimum atomic E-state index is -0.744. The summed E-state index contributed by atoms with van der Waals surface area (Å²) in [7, 11) is 0. The third kappa shape index (κ3) is 5.42. The smallest absolute Gasteiger partial charge is 0.306 e. The number of benzene rings is 1. The summed E-state index contributed by atoms with van der Waals surface area (Å²) in [6.45, 7) is 0. The average Bonchev–Trinajstić information content (AvgIpc) is 2.93. The highest BCUT2D eigenvalue weighted by molar-refractivity contribution is 7.99. The van der Waals surface area contributed by atoms with Crippen LogP contribution in [0.15, 0.2) is 35.2 Å². The predicted molar refractivity (Wildman–Crippen MR) is 83.3 cm³/mol. The van der Waals surface area contributed by atoms with Crippen molar-refractivity contribution in [2.45, 2.75) is 43.0 Å². The summed E-state index contributed by atoms with van der Waals surface area (Å²) in [5.41, 5.74) is 0. The van der Waals surface area contributed by atoms with Crippen molar-refractivity contribution in [1.29, 1.82) is 0 Å². The quantitative estimate of drug-likeness (QED) is 0.600. The van der Waals surface area contributed by atoms with Gasteiger partial charge in [-0.05, 0) is 43.6 Å².